The molecule has 0 spiro atoms. The van der Waals surface area contributed by atoms with Crippen LogP contribution in [0.25, 0.3) is 5.65 Å². The highest BCUT2D eigenvalue weighted by Crippen LogP contribution is 2.27. The highest BCUT2D eigenvalue weighted by Gasteiger charge is 2.26. The number of imidazole rings is 1. The molecule has 1 aliphatic heterocycles. The van der Waals surface area contributed by atoms with Crippen molar-refractivity contribution in [1.82, 2.24) is 19.4 Å². The summed E-state index contributed by atoms with van der Waals surface area (Å²) in [5.74, 6) is 0.905. The Morgan fingerprint density at radius 2 is 2.05 bits per heavy atom. The van der Waals surface area contributed by atoms with Crippen LogP contribution >= 0.6 is 11.3 Å². The maximum atomic E-state index is 5.82. The summed E-state index contributed by atoms with van der Waals surface area (Å²) in [5, 5.41) is 3.00. The van der Waals surface area contributed by atoms with Gasteiger partial charge < -0.3 is 14.0 Å². The van der Waals surface area contributed by atoms with Gasteiger partial charge in [-0.2, -0.15) is 0 Å². The lowest BCUT2D eigenvalue weighted by Crippen LogP contribution is -2.39. The van der Waals surface area contributed by atoms with Gasteiger partial charge in [0.25, 0.3) is 0 Å². The molecule has 0 aliphatic carbocycles. The van der Waals surface area contributed by atoms with Crippen LogP contribution in [0.5, 0.6) is 0 Å². The summed E-state index contributed by atoms with van der Waals surface area (Å²) in [4.78, 5) is 15.4. The van der Waals surface area contributed by atoms with Crippen LogP contribution in [0.1, 0.15) is 11.1 Å². The summed E-state index contributed by atoms with van der Waals surface area (Å²) in [5.41, 5.74) is 0.882. The first kappa shape index (κ1) is 11.8. The summed E-state index contributed by atoms with van der Waals surface area (Å²) < 4.78 is 7.80. The van der Waals surface area contributed by atoms with E-state index < -0.39 is 0 Å². The van der Waals surface area contributed by atoms with E-state index in [1.54, 1.807) is 23.7 Å². The number of aromatic nitrogens is 4. The molecule has 0 aromatic carbocycles. The normalized spacial score (nSPS) is 19.6. The fraction of sp³-hybridized carbons (Fsp3) is 0.308. The van der Waals surface area contributed by atoms with E-state index in [4.69, 9.17) is 4.74 Å². The van der Waals surface area contributed by atoms with Crippen LogP contribution < -0.4 is 4.90 Å². The van der Waals surface area contributed by atoms with E-state index in [-0.39, 0.29) is 6.10 Å². The van der Waals surface area contributed by atoms with Crippen LogP contribution in [0.3, 0.4) is 0 Å². The van der Waals surface area contributed by atoms with Crippen molar-refractivity contribution in [2.24, 2.45) is 0 Å². The molecule has 4 rings (SSSR count). The van der Waals surface area contributed by atoms with Crippen molar-refractivity contribution in [2.75, 3.05) is 24.6 Å². The van der Waals surface area contributed by atoms with Crippen LogP contribution in [0.2, 0.25) is 0 Å². The summed E-state index contributed by atoms with van der Waals surface area (Å²) >= 11 is 1.63. The molecule has 4 heterocycles. The molecule has 6 nitrogen and oxygen atoms in total. The lowest BCUT2D eigenvalue weighted by atomic mass is 10.3. The van der Waals surface area contributed by atoms with Gasteiger partial charge in [0.1, 0.15) is 11.1 Å². The Hall–Kier alpha value is -1.99. The topological polar surface area (TPSA) is 55.6 Å². The zero-order valence-corrected chi connectivity index (χ0v) is 11.5. The SMILES string of the molecule is c1csc(C2CN(c3nccn4ccnc34)CCO2)n1. The first-order valence-corrected chi connectivity index (χ1v) is 7.33. The van der Waals surface area contributed by atoms with Gasteiger partial charge in [-0.05, 0) is 0 Å². The van der Waals surface area contributed by atoms with E-state index in [0.29, 0.717) is 6.61 Å². The smallest absolute Gasteiger partial charge is 0.180 e. The molecule has 7 heteroatoms. The number of anilines is 1. The van der Waals surface area contributed by atoms with Crippen molar-refractivity contribution in [3.63, 3.8) is 0 Å². The number of hydrogen-bond donors (Lipinski definition) is 0. The van der Waals surface area contributed by atoms with Crippen LogP contribution in [0.4, 0.5) is 5.82 Å². The number of fused-ring (bicyclic) bond motifs is 1. The first-order valence-electron chi connectivity index (χ1n) is 6.45. The molecule has 20 heavy (non-hydrogen) atoms. The molecule has 1 unspecified atom stereocenters. The Balaban J connectivity index is 1.66. The molecule has 1 fully saturated rings. The third-order valence-corrected chi connectivity index (χ3v) is 4.25. The average Bonchev–Trinajstić information content (AvgIpc) is 3.18. The van der Waals surface area contributed by atoms with E-state index in [0.717, 1.165) is 29.6 Å². The molecule has 1 aliphatic rings. The van der Waals surface area contributed by atoms with Gasteiger partial charge in [0, 0.05) is 42.9 Å². The number of morpholine rings is 1. The van der Waals surface area contributed by atoms with E-state index in [1.807, 2.05) is 28.4 Å². The van der Waals surface area contributed by atoms with Crippen molar-refractivity contribution in [3.8, 4) is 0 Å². The third-order valence-electron chi connectivity index (χ3n) is 3.39. The molecule has 0 radical (unpaired) electrons. The van der Waals surface area contributed by atoms with Gasteiger partial charge >= 0.3 is 0 Å². The zero-order chi connectivity index (χ0) is 13.4. The number of nitrogens with zero attached hydrogens (tertiary/aromatic N) is 5. The van der Waals surface area contributed by atoms with Gasteiger partial charge in [-0.1, -0.05) is 0 Å². The maximum absolute atomic E-state index is 5.82. The van der Waals surface area contributed by atoms with Gasteiger partial charge in [-0.15, -0.1) is 11.3 Å². The van der Waals surface area contributed by atoms with Gasteiger partial charge in [0.05, 0.1) is 13.2 Å². The lowest BCUT2D eigenvalue weighted by molar-refractivity contribution is 0.0394. The molecule has 102 valence electrons. The average molecular weight is 287 g/mol. The van der Waals surface area contributed by atoms with E-state index >= 15 is 0 Å². The van der Waals surface area contributed by atoms with Gasteiger partial charge in [-0.3, -0.25) is 0 Å². The Morgan fingerprint density at radius 3 is 2.90 bits per heavy atom. The summed E-state index contributed by atoms with van der Waals surface area (Å²) in [6.45, 7) is 2.25. The Bertz CT molecular complexity index is 710. The van der Waals surface area contributed by atoms with Crippen molar-refractivity contribution >= 4 is 22.8 Å². The predicted molar refractivity (Wildman–Crippen MR) is 76.0 cm³/mol. The molecule has 3 aromatic rings. The molecular weight excluding hydrogens is 274 g/mol. The number of hydrogen-bond acceptors (Lipinski definition) is 6. The number of rotatable bonds is 2. The van der Waals surface area contributed by atoms with Crippen LogP contribution in [0, 0.1) is 0 Å². The molecule has 0 amide bonds. The number of thiazole rings is 1. The maximum Gasteiger partial charge on any atom is 0.180 e. The second kappa shape index (κ2) is 4.84. The fourth-order valence-electron chi connectivity index (χ4n) is 2.45. The fourth-order valence-corrected chi connectivity index (χ4v) is 3.12. The molecule has 0 N–H and O–H groups in total. The minimum absolute atomic E-state index is 0.0146. The Labute approximate surface area is 119 Å². The lowest BCUT2D eigenvalue weighted by Gasteiger charge is -2.32. The van der Waals surface area contributed by atoms with E-state index in [1.165, 1.54) is 0 Å². The van der Waals surface area contributed by atoms with Gasteiger partial charge in [-0.25, -0.2) is 15.0 Å². The third kappa shape index (κ3) is 1.95. The molecular formula is C13H13N5OS. The quantitative estimate of drug-likeness (QED) is 0.719. The molecule has 0 saturated carbocycles. The highest BCUT2D eigenvalue weighted by atomic mass is 32.1. The van der Waals surface area contributed by atoms with E-state index in [2.05, 4.69) is 19.9 Å². The summed E-state index contributed by atoms with van der Waals surface area (Å²) in [6, 6.07) is 0. The summed E-state index contributed by atoms with van der Waals surface area (Å²) in [6.07, 6.45) is 9.26. The van der Waals surface area contributed by atoms with Crippen LogP contribution in [-0.2, 0) is 4.74 Å². The second-order valence-corrected chi connectivity index (χ2v) is 5.51. The second-order valence-electron chi connectivity index (χ2n) is 4.58. The predicted octanol–water partition coefficient (Wildman–Crippen LogP) is 1.76. The number of ether oxygens (including phenoxy) is 1. The minimum atomic E-state index is 0.0146. The van der Waals surface area contributed by atoms with E-state index in [9.17, 15) is 0 Å². The van der Waals surface area contributed by atoms with Crippen molar-refractivity contribution < 1.29 is 4.74 Å². The van der Waals surface area contributed by atoms with Crippen molar-refractivity contribution in [3.05, 3.63) is 41.4 Å². The molecule has 1 saturated heterocycles. The van der Waals surface area contributed by atoms with Crippen molar-refractivity contribution in [1.29, 1.82) is 0 Å². The Kier molecular flexibility index (Phi) is 2.86. The summed E-state index contributed by atoms with van der Waals surface area (Å²) in [7, 11) is 0. The molecule has 1 atom stereocenters. The van der Waals surface area contributed by atoms with Gasteiger partial charge in [0.2, 0.25) is 0 Å². The van der Waals surface area contributed by atoms with Crippen LogP contribution in [0.15, 0.2) is 36.4 Å². The largest absolute Gasteiger partial charge is 0.367 e. The van der Waals surface area contributed by atoms with Crippen molar-refractivity contribution in [2.45, 2.75) is 6.10 Å². The van der Waals surface area contributed by atoms with Gasteiger partial charge in [0.15, 0.2) is 11.5 Å². The molecule has 0 bridgehead atoms. The zero-order valence-electron chi connectivity index (χ0n) is 10.7. The standard InChI is InChI=1S/C13H13N5OS/c1-4-17-5-2-15-12(11(17)14-1)18-6-7-19-10(9-18)13-16-3-8-20-13/h1-5,8,10H,6-7,9H2. The van der Waals surface area contributed by atoms with Crippen LogP contribution in [-0.4, -0.2) is 39.0 Å². The minimum Gasteiger partial charge on any atom is -0.367 e. The Morgan fingerprint density at radius 1 is 1.15 bits per heavy atom. The monoisotopic (exact) mass is 287 g/mol. The first-order chi connectivity index (χ1) is 9.92. The molecule has 3 aromatic heterocycles. The highest BCUT2D eigenvalue weighted by molar-refractivity contribution is 7.09.